The van der Waals surface area contributed by atoms with E-state index in [-0.39, 0.29) is 0 Å². The third kappa shape index (κ3) is 5.33. The van der Waals surface area contributed by atoms with Crippen molar-refractivity contribution < 1.29 is 0 Å². The molecule has 0 aromatic carbocycles. The predicted molar refractivity (Wildman–Crippen MR) is 62.0 cm³/mol. The second kappa shape index (κ2) is 6.45. The Kier molecular flexibility index (Phi) is 6.45. The van der Waals surface area contributed by atoms with Gasteiger partial charge in [0.1, 0.15) is 0 Å². The summed E-state index contributed by atoms with van der Waals surface area (Å²) in [6, 6.07) is 0. The van der Waals surface area contributed by atoms with Crippen LogP contribution in [-0.4, -0.2) is 0 Å². The lowest BCUT2D eigenvalue weighted by Crippen LogP contribution is -2.21. The maximum atomic E-state index is 2.43. The first-order valence-electron chi connectivity index (χ1n) is 6.04. The molecule has 0 aliphatic heterocycles. The summed E-state index contributed by atoms with van der Waals surface area (Å²) in [5.41, 5.74) is 0.561. The monoisotopic (exact) mass is 184 g/mol. The number of hydrogen-bond donors (Lipinski definition) is 0. The molecule has 0 heterocycles. The topological polar surface area (TPSA) is 0 Å². The van der Waals surface area contributed by atoms with Gasteiger partial charge in [0.25, 0.3) is 0 Å². The van der Waals surface area contributed by atoms with Crippen LogP contribution in [0.4, 0.5) is 0 Å². The fraction of sp³-hybridized carbons (Fsp3) is 1.00. The Hall–Kier alpha value is 0. The molecule has 0 aliphatic carbocycles. The van der Waals surface area contributed by atoms with E-state index in [0.29, 0.717) is 5.41 Å². The summed E-state index contributed by atoms with van der Waals surface area (Å²) in [5, 5.41) is 0. The standard InChI is InChI=1S/C13H28/c1-6-8-9-11-13(4,5)12(3)10-7-2/h12H,6-11H2,1-5H3. The SMILES string of the molecule is CCCCCC(C)(C)C(C)CCC. The first kappa shape index (κ1) is 13.0. The molecule has 0 radical (unpaired) electrons. The van der Waals surface area contributed by atoms with E-state index < -0.39 is 0 Å². The molecule has 0 nitrogen and oxygen atoms in total. The van der Waals surface area contributed by atoms with E-state index in [4.69, 9.17) is 0 Å². The summed E-state index contributed by atoms with van der Waals surface area (Å²) in [6.07, 6.45) is 8.29. The first-order chi connectivity index (χ1) is 6.04. The summed E-state index contributed by atoms with van der Waals surface area (Å²) in [4.78, 5) is 0. The summed E-state index contributed by atoms with van der Waals surface area (Å²) in [7, 11) is 0. The molecular weight excluding hydrogens is 156 g/mol. The van der Waals surface area contributed by atoms with Crippen molar-refractivity contribution in [2.75, 3.05) is 0 Å². The molecular formula is C13H28. The Morgan fingerprint density at radius 1 is 1.00 bits per heavy atom. The molecule has 0 aromatic heterocycles. The van der Waals surface area contributed by atoms with Crippen LogP contribution in [0.3, 0.4) is 0 Å². The molecule has 0 saturated heterocycles. The normalized spacial score (nSPS) is 14.5. The summed E-state index contributed by atoms with van der Waals surface area (Å²) >= 11 is 0. The zero-order chi connectivity index (χ0) is 10.3. The van der Waals surface area contributed by atoms with Gasteiger partial charge in [0.05, 0.1) is 0 Å². The van der Waals surface area contributed by atoms with E-state index >= 15 is 0 Å². The Morgan fingerprint density at radius 3 is 2.08 bits per heavy atom. The smallest absolute Gasteiger partial charge is 0.0329 e. The summed E-state index contributed by atoms with van der Waals surface area (Å²) in [5.74, 6) is 0.884. The van der Waals surface area contributed by atoms with Gasteiger partial charge in [-0.2, -0.15) is 0 Å². The second-order valence-corrected chi connectivity index (χ2v) is 5.14. The molecule has 0 aromatic rings. The van der Waals surface area contributed by atoms with E-state index in [1.165, 1.54) is 38.5 Å². The van der Waals surface area contributed by atoms with Crippen LogP contribution >= 0.6 is 0 Å². The van der Waals surface area contributed by atoms with Gasteiger partial charge in [-0.3, -0.25) is 0 Å². The average Bonchev–Trinajstić information content (AvgIpc) is 2.05. The van der Waals surface area contributed by atoms with E-state index in [1.807, 2.05) is 0 Å². The van der Waals surface area contributed by atoms with Crippen molar-refractivity contribution in [2.24, 2.45) is 11.3 Å². The number of hydrogen-bond acceptors (Lipinski definition) is 0. The van der Waals surface area contributed by atoms with Crippen molar-refractivity contribution in [3.8, 4) is 0 Å². The minimum Gasteiger partial charge on any atom is -0.0654 e. The van der Waals surface area contributed by atoms with Crippen LogP contribution in [0.25, 0.3) is 0 Å². The molecule has 0 spiro atoms. The summed E-state index contributed by atoms with van der Waals surface area (Å²) in [6.45, 7) is 11.8. The first-order valence-corrected chi connectivity index (χ1v) is 6.04. The minimum atomic E-state index is 0.561. The van der Waals surface area contributed by atoms with Crippen molar-refractivity contribution in [3.63, 3.8) is 0 Å². The van der Waals surface area contributed by atoms with Gasteiger partial charge in [-0.1, -0.05) is 66.7 Å². The Labute approximate surface area is 85.1 Å². The molecule has 0 rings (SSSR count). The Morgan fingerprint density at radius 2 is 1.62 bits per heavy atom. The number of rotatable bonds is 7. The lowest BCUT2D eigenvalue weighted by molar-refractivity contribution is 0.193. The van der Waals surface area contributed by atoms with Gasteiger partial charge in [-0.15, -0.1) is 0 Å². The lowest BCUT2D eigenvalue weighted by Gasteiger charge is -2.32. The van der Waals surface area contributed by atoms with Crippen LogP contribution in [-0.2, 0) is 0 Å². The van der Waals surface area contributed by atoms with Gasteiger partial charge in [-0.05, 0) is 17.8 Å². The van der Waals surface area contributed by atoms with Crippen molar-refractivity contribution >= 4 is 0 Å². The largest absolute Gasteiger partial charge is 0.0654 e. The highest BCUT2D eigenvalue weighted by Crippen LogP contribution is 2.35. The second-order valence-electron chi connectivity index (χ2n) is 5.14. The molecule has 0 aliphatic rings. The van der Waals surface area contributed by atoms with Crippen LogP contribution < -0.4 is 0 Å². The van der Waals surface area contributed by atoms with Crippen LogP contribution in [0, 0.1) is 11.3 Å². The van der Waals surface area contributed by atoms with E-state index in [1.54, 1.807) is 0 Å². The zero-order valence-corrected chi connectivity index (χ0v) is 10.3. The quantitative estimate of drug-likeness (QED) is 0.487. The molecule has 1 unspecified atom stereocenters. The highest BCUT2D eigenvalue weighted by atomic mass is 14.3. The van der Waals surface area contributed by atoms with E-state index in [0.717, 1.165) is 5.92 Å². The minimum absolute atomic E-state index is 0.561. The molecule has 0 fully saturated rings. The number of unbranched alkanes of at least 4 members (excludes halogenated alkanes) is 2. The van der Waals surface area contributed by atoms with Crippen LogP contribution in [0.1, 0.15) is 73.1 Å². The Bertz CT molecular complexity index is 113. The molecule has 0 amide bonds. The van der Waals surface area contributed by atoms with Gasteiger partial charge in [0.15, 0.2) is 0 Å². The van der Waals surface area contributed by atoms with E-state index in [9.17, 15) is 0 Å². The summed E-state index contributed by atoms with van der Waals surface area (Å²) < 4.78 is 0. The van der Waals surface area contributed by atoms with Crippen LogP contribution in [0.15, 0.2) is 0 Å². The maximum absolute atomic E-state index is 2.43. The lowest BCUT2D eigenvalue weighted by atomic mass is 9.74. The molecule has 0 heteroatoms. The van der Waals surface area contributed by atoms with Crippen molar-refractivity contribution in [2.45, 2.75) is 73.1 Å². The molecule has 13 heavy (non-hydrogen) atoms. The van der Waals surface area contributed by atoms with Gasteiger partial charge in [0, 0.05) is 0 Å². The van der Waals surface area contributed by atoms with Crippen LogP contribution in [0.5, 0.6) is 0 Å². The average molecular weight is 184 g/mol. The maximum Gasteiger partial charge on any atom is -0.0329 e. The molecule has 1 atom stereocenters. The highest BCUT2D eigenvalue weighted by Gasteiger charge is 2.23. The fourth-order valence-corrected chi connectivity index (χ4v) is 1.90. The molecule has 80 valence electrons. The van der Waals surface area contributed by atoms with Crippen molar-refractivity contribution in [3.05, 3.63) is 0 Å². The molecule has 0 N–H and O–H groups in total. The molecule has 0 saturated carbocycles. The van der Waals surface area contributed by atoms with Crippen molar-refractivity contribution in [1.82, 2.24) is 0 Å². The zero-order valence-electron chi connectivity index (χ0n) is 10.3. The van der Waals surface area contributed by atoms with Crippen molar-refractivity contribution in [1.29, 1.82) is 0 Å². The van der Waals surface area contributed by atoms with E-state index in [2.05, 4.69) is 34.6 Å². The third-order valence-electron chi connectivity index (χ3n) is 3.48. The van der Waals surface area contributed by atoms with Gasteiger partial charge in [-0.25, -0.2) is 0 Å². The third-order valence-corrected chi connectivity index (χ3v) is 3.48. The highest BCUT2D eigenvalue weighted by molar-refractivity contribution is 4.74. The van der Waals surface area contributed by atoms with Gasteiger partial charge in [0.2, 0.25) is 0 Å². The van der Waals surface area contributed by atoms with Crippen LogP contribution in [0.2, 0.25) is 0 Å². The van der Waals surface area contributed by atoms with Gasteiger partial charge >= 0.3 is 0 Å². The predicted octanol–water partition coefficient (Wildman–Crippen LogP) is 5.03. The fourth-order valence-electron chi connectivity index (χ4n) is 1.90. The Balaban J connectivity index is 3.76. The van der Waals surface area contributed by atoms with Gasteiger partial charge < -0.3 is 0 Å². The molecule has 0 bridgehead atoms.